The fraction of sp³-hybridized carbons (Fsp3) is 0.875. The van der Waals surface area contributed by atoms with Crippen molar-refractivity contribution < 1.29 is 4.79 Å². The van der Waals surface area contributed by atoms with E-state index in [1.807, 2.05) is 21.0 Å². The minimum Gasteiger partial charge on any atom is -0.328 e. The first-order valence-electron chi connectivity index (χ1n) is 4.35. The van der Waals surface area contributed by atoms with E-state index in [1.54, 1.807) is 9.80 Å². The molecule has 0 spiro atoms. The number of likely N-dealkylation sites (N-methyl/N-ethyl adjacent to an activating group) is 1. The van der Waals surface area contributed by atoms with Crippen molar-refractivity contribution in [3.8, 4) is 0 Å². The van der Waals surface area contributed by atoms with Crippen LogP contribution in [-0.2, 0) is 0 Å². The summed E-state index contributed by atoms with van der Waals surface area (Å²) in [7, 11) is 3.69. The molecule has 1 saturated heterocycles. The Balaban J connectivity index is 2.39. The molecule has 1 aliphatic rings. The smallest absolute Gasteiger partial charge is 0.319 e. The van der Waals surface area contributed by atoms with Gasteiger partial charge in [-0.15, -0.1) is 0 Å². The van der Waals surface area contributed by atoms with Crippen LogP contribution in [0.15, 0.2) is 0 Å². The summed E-state index contributed by atoms with van der Waals surface area (Å²) in [6.45, 7) is 4.60. The second kappa shape index (κ2) is 3.76. The lowest BCUT2D eigenvalue weighted by molar-refractivity contribution is 0.140. The largest absolute Gasteiger partial charge is 0.328 e. The quantitative estimate of drug-likeness (QED) is 0.633. The Morgan fingerprint density at radius 2 is 2.08 bits per heavy atom. The maximum Gasteiger partial charge on any atom is 0.319 e. The zero-order valence-corrected chi connectivity index (χ0v) is 8.00. The van der Waals surface area contributed by atoms with Crippen LogP contribution >= 0.6 is 0 Å². The van der Waals surface area contributed by atoms with Crippen LogP contribution in [0.1, 0.15) is 6.92 Å². The number of carbonyl (C=O) groups excluding carboxylic acids is 1. The van der Waals surface area contributed by atoms with Gasteiger partial charge in [0.05, 0.1) is 6.04 Å². The van der Waals surface area contributed by atoms with Crippen LogP contribution in [0.2, 0.25) is 0 Å². The molecule has 4 heteroatoms. The molecule has 1 aliphatic heterocycles. The van der Waals surface area contributed by atoms with Gasteiger partial charge in [-0.25, -0.2) is 4.79 Å². The van der Waals surface area contributed by atoms with Gasteiger partial charge >= 0.3 is 6.03 Å². The Kier molecular flexibility index (Phi) is 2.92. The normalized spacial score (nSPS) is 16.9. The van der Waals surface area contributed by atoms with E-state index in [0.717, 1.165) is 19.6 Å². The highest BCUT2D eigenvalue weighted by molar-refractivity contribution is 5.74. The fourth-order valence-corrected chi connectivity index (χ4v) is 1.11. The molecule has 0 saturated carbocycles. The van der Waals surface area contributed by atoms with Crippen LogP contribution in [0.3, 0.4) is 0 Å². The van der Waals surface area contributed by atoms with Gasteiger partial charge in [0.15, 0.2) is 0 Å². The van der Waals surface area contributed by atoms with Crippen LogP contribution < -0.4 is 5.32 Å². The first kappa shape index (κ1) is 9.32. The van der Waals surface area contributed by atoms with E-state index in [2.05, 4.69) is 5.32 Å². The van der Waals surface area contributed by atoms with Gasteiger partial charge in [0.25, 0.3) is 0 Å². The Hall–Kier alpha value is -0.770. The summed E-state index contributed by atoms with van der Waals surface area (Å²) in [5.74, 6) is 0. The van der Waals surface area contributed by atoms with Crippen molar-refractivity contribution in [2.24, 2.45) is 0 Å². The van der Waals surface area contributed by atoms with Gasteiger partial charge < -0.3 is 15.1 Å². The minimum absolute atomic E-state index is 0.115. The summed E-state index contributed by atoms with van der Waals surface area (Å²) in [4.78, 5) is 15.1. The van der Waals surface area contributed by atoms with Crippen molar-refractivity contribution in [3.63, 3.8) is 0 Å². The summed E-state index contributed by atoms with van der Waals surface area (Å²) in [5.41, 5.74) is 0. The summed E-state index contributed by atoms with van der Waals surface area (Å²) in [6.07, 6.45) is 0. The number of hydrogen-bond acceptors (Lipinski definition) is 2. The fourth-order valence-electron chi connectivity index (χ4n) is 1.11. The molecule has 0 aromatic carbocycles. The van der Waals surface area contributed by atoms with Crippen LogP contribution in [-0.4, -0.2) is 55.6 Å². The SMILES string of the molecule is CCN(C)C(=O)N(C)C1CNC1. The van der Waals surface area contributed by atoms with Crippen molar-refractivity contribution in [3.05, 3.63) is 0 Å². The van der Waals surface area contributed by atoms with Crippen molar-refractivity contribution in [1.82, 2.24) is 15.1 Å². The Labute approximate surface area is 73.5 Å². The molecule has 0 radical (unpaired) electrons. The van der Waals surface area contributed by atoms with Crippen molar-refractivity contribution in [2.75, 3.05) is 33.7 Å². The molecule has 0 aliphatic carbocycles. The van der Waals surface area contributed by atoms with E-state index in [4.69, 9.17) is 0 Å². The van der Waals surface area contributed by atoms with Crippen molar-refractivity contribution in [2.45, 2.75) is 13.0 Å². The van der Waals surface area contributed by atoms with Gasteiger partial charge in [-0.2, -0.15) is 0 Å². The van der Waals surface area contributed by atoms with Crippen LogP contribution in [0, 0.1) is 0 Å². The lowest BCUT2D eigenvalue weighted by Gasteiger charge is -2.37. The summed E-state index contributed by atoms with van der Waals surface area (Å²) < 4.78 is 0. The molecule has 0 aromatic rings. The number of rotatable bonds is 2. The first-order chi connectivity index (χ1) is 5.66. The molecule has 4 nitrogen and oxygen atoms in total. The van der Waals surface area contributed by atoms with E-state index < -0.39 is 0 Å². The number of amides is 2. The number of carbonyl (C=O) groups is 1. The second-order valence-corrected chi connectivity index (χ2v) is 3.22. The lowest BCUT2D eigenvalue weighted by Crippen LogP contribution is -2.59. The number of nitrogens with zero attached hydrogens (tertiary/aromatic N) is 2. The average molecular weight is 171 g/mol. The summed E-state index contributed by atoms with van der Waals surface area (Å²) in [6, 6.07) is 0.510. The van der Waals surface area contributed by atoms with E-state index >= 15 is 0 Å². The minimum atomic E-state index is 0.115. The molecule has 1 rings (SSSR count). The van der Waals surface area contributed by atoms with Crippen molar-refractivity contribution >= 4 is 6.03 Å². The van der Waals surface area contributed by atoms with Gasteiger partial charge in [0.1, 0.15) is 0 Å². The molecule has 1 fully saturated rings. The molecular formula is C8H17N3O. The third-order valence-corrected chi connectivity index (χ3v) is 2.41. The van der Waals surface area contributed by atoms with Crippen molar-refractivity contribution in [1.29, 1.82) is 0 Å². The number of urea groups is 1. The maximum absolute atomic E-state index is 11.5. The Morgan fingerprint density at radius 3 is 2.42 bits per heavy atom. The Bertz CT molecular complexity index is 168. The third-order valence-electron chi connectivity index (χ3n) is 2.41. The van der Waals surface area contributed by atoms with Gasteiger partial charge in [-0.05, 0) is 6.92 Å². The second-order valence-electron chi connectivity index (χ2n) is 3.22. The molecule has 1 heterocycles. The summed E-state index contributed by atoms with van der Waals surface area (Å²) >= 11 is 0. The van der Waals surface area contributed by atoms with E-state index in [-0.39, 0.29) is 6.03 Å². The number of hydrogen-bond donors (Lipinski definition) is 1. The molecule has 0 unspecified atom stereocenters. The molecule has 0 atom stereocenters. The van der Waals surface area contributed by atoms with E-state index in [0.29, 0.717) is 6.04 Å². The van der Waals surface area contributed by atoms with E-state index in [1.165, 1.54) is 0 Å². The standard InChI is InChI=1S/C8H17N3O/c1-4-10(2)8(12)11(3)7-5-9-6-7/h7,9H,4-6H2,1-3H3. The third kappa shape index (κ3) is 1.69. The van der Waals surface area contributed by atoms with E-state index in [9.17, 15) is 4.79 Å². The predicted octanol–water partition coefficient (Wildman–Crippen LogP) is -0.0383. The molecule has 0 aromatic heterocycles. The monoisotopic (exact) mass is 171 g/mol. The number of nitrogens with one attached hydrogen (secondary N) is 1. The first-order valence-corrected chi connectivity index (χ1v) is 4.35. The van der Waals surface area contributed by atoms with Crippen LogP contribution in [0.25, 0.3) is 0 Å². The highest BCUT2D eigenvalue weighted by Crippen LogP contribution is 2.04. The zero-order chi connectivity index (χ0) is 9.14. The van der Waals surface area contributed by atoms with Crippen LogP contribution in [0.5, 0.6) is 0 Å². The molecule has 2 amide bonds. The van der Waals surface area contributed by atoms with Gasteiger partial charge in [-0.1, -0.05) is 0 Å². The Morgan fingerprint density at radius 1 is 1.50 bits per heavy atom. The highest BCUT2D eigenvalue weighted by atomic mass is 16.2. The average Bonchev–Trinajstić information content (AvgIpc) is 1.98. The molecule has 70 valence electrons. The van der Waals surface area contributed by atoms with Gasteiger partial charge in [0.2, 0.25) is 0 Å². The van der Waals surface area contributed by atoms with Crippen LogP contribution in [0.4, 0.5) is 4.79 Å². The maximum atomic E-state index is 11.5. The molecule has 1 N–H and O–H groups in total. The molecule has 0 bridgehead atoms. The van der Waals surface area contributed by atoms with Gasteiger partial charge in [0, 0.05) is 33.7 Å². The summed E-state index contributed by atoms with van der Waals surface area (Å²) in [5, 5.41) is 3.14. The molecule has 12 heavy (non-hydrogen) atoms. The lowest BCUT2D eigenvalue weighted by atomic mass is 10.1. The predicted molar refractivity (Wildman–Crippen MR) is 48.1 cm³/mol. The van der Waals surface area contributed by atoms with Gasteiger partial charge in [-0.3, -0.25) is 0 Å². The molecular weight excluding hydrogens is 154 g/mol. The topological polar surface area (TPSA) is 35.6 Å². The highest BCUT2D eigenvalue weighted by Gasteiger charge is 2.26. The zero-order valence-electron chi connectivity index (χ0n) is 8.00.